The van der Waals surface area contributed by atoms with Crippen molar-refractivity contribution in [2.45, 2.75) is 46.1 Å². The van der Waals surface area contributed by atoms with Gasteiger partial charge in [0.25, 0.3) is 0 Å². The van der Waals surface area contributed by atoms with E-state index in [1.165, 1.54) is 12.8 Å². The second-order valence-corrected chi connectivity index (χ2v) is 6.15. The number of hydrogen-bond acceptors (Lipinski definition) is 2. The molecule has 0 aromatic rings. The molecule has 0 aromatic carbocycles. The topological polar surface area (TPSA) is 41.1 Å². The number of rotatable bonds is 3. The van der Waals surface area contributed by atoms with Gasteiger partial charge in [0.2, 0.25) is 5.91 Å². The average Bonchev–Trinajstić information content (AvgIpc) is 2.43. The smallest absolute Gasteiger partial charge is 0.223 e. The van der Waals surface area contributed by atoms with Gasteiger partial charge in [-0.25, -0.2) is 0 Å². The second-order valence-electron chi connectivity index (χ2n) is 6.15. The van der Waals surface area contributed by atoms with Gasteiger partial charge < -0.3 is 10.6 Å². The van der Waals surface area contributed by atoms with E-state index in [2.05, 4.69) is 31.4 Å². The Morgan fingerprint density at radius 1 is 1.41 bits per heavy atom. The molecule has 1 saturated carbocycles. The summed E-state index contributed by atoms with van der Waals surface area (Å²) >= 11 is 0. The molecule has 1 saturated heterocycles. The Labute approximate surface area is 111 Å². The summed E-state index contributed by atoms with van der Waals surface area (Å²) in [4.78, 5) is 12.1. The van der Waals surface area contributed by atoms with Gasteiger partial charge in [-0.3, -0.25) is 4.79 Å². The van der Waals surface area contributed by atoms with Gasteiger partial charge in [-0.15, -0.1) is 12.4 Å². The van der Waals surface area contributed by atoms with E-state index in [1.807, 2.05) is 0 Å². The number of carbonyl (C=O) groups excluding carboxylic acids is 1. The van der Waals surface area contributed by atoms with Gasteiger partial charge in [-0.05, 0) is 37.3 Å². The Hall–Kier alpha value is -0.280. The minimum Gasteiger partial charge on any atom is -0.353 e. The maximum Gasteiger partial charge on any atom is 0.223 e. The summed E-state index contributed by atoms with van der Waals surface area (Å²) in [7, 11) is 0. The molecule has 100 valence electrons. The van der Waals surface area contributed by atoms with E-state index in [-0.39, 0.29) is 29.6 Å². The fraction of sp³-hybridized carbons (Fsp3) is 0.923. The number of nitrogens with one attached hydrogen (secondary N) is 2. The van der Waals surface area contributed by atoms with E-state index in [0.717, 1.165) is 19.5 Å². The van der Waals surface area contributed by atoms with E-state index in [4.69, 9.17) is 0 Å². The molecule has 1 aliphatic carbocycles. The molecule has 0 radical (unpaired) electrons. The van der Waals surface area contributed by atoms with E-state index >= 15 is 0 Å². The van der Waals surface area contributed by atoms with Gasteiger partial charge in [0.1, 0.15) is 0 Å². The maximum absolute atomic E-state index is 12.1. The maximum atomic E-state index is 12.1. The fourth-order valence-electron chi connectivity index (χ4n) is 2.78. The third kappa shape index (κ3) is 3.14. The molecule has 1 heterocycles. The van der Waals surface area contributed by atoms with Crippen LogP contribution in [0.15, 0.2) is 0 Å². The van der Waals surface area contributed by atoms with Gasteiger partial charge in [-0.2, -0.15) is 0 Å². The highest BCUT2D eigenvalue weighted by Crippen LogP contribution is 2.37. The van der Waals surface area contributed by atoms with E-state index in [1.54, 1.807) is 0 Å². The van der Waals surface area contributed by atoms with Crippen LogP contribution in [-0.4, -0.2) is 25.0 Å². The van der Waals surface area contributed by atoms with Gasteiger partial charge in [0.15, 0.2) is 0 Å². The summed E-state index contributed by atoms with van der Waals surface area (Å²) in [6, 6.07) is 0.385. The molecule has 0 aromatic heterocycles. The molecule has 2 rings (SSSR count). The highest BCUT2D eigenvalue weighted by Gasteiger charge is 2.37. The monoisotopic (exact) mass is 260 g/mol. The van der Waals surface area contributed by atoms with Crippen LogP contribution in [0.4, 0.5) is 0 Å². The van der Waals surface area contributed by atoms with Crippen molar-refractivity contribution in [1.82, 2.24) is 10.6 Å². The van der Waals surface area contributed by atoms with E-state index in [0.29, 0.717) is 12.0 Å². The van der Waals surface area contributed by atoms with Crippen molar-refractivity contribution in [1.29, 1.82) is 0 Å². The number of amides is 1. The molecular weight excluding hydrogens is 236 g/mol. The van der Waals surface area contributed by atoms with Crippen LogP contribution in [0.25, 0.3) is 0 Å². The zero-order valence-corrected chi connectivity index (χ0v) is 11.9. The van der Waals surface area contributed by atoms with Crippen molar-refractivity contribution >= 4 is 18.3 Å². The van der Waals surface area contributed by atoms with Crippen LogP contribution < -0.4 is 10.6 Å². The normalized spacial score (nSPS) is 29.0. The molecule has 1 aliphatic heterocycles. The van der Waals surface area contributed by atoms with Crippen molar-refractivity contribution < 1.29 is 4.79 Å². The lowest BCUT2D eigenvalue weighted by molar-refractivity contribution is -0.128. The van der Waals surface area contributed by atoms with Crippen LogP contribution in [0.3, 0.4) is 0 Å². The van der Waals surface area contributed by atoms with Crippen molar-refractivity contribution in [3.63, 3.8) is 0 Å². The van der Waals surface area contributed by atoms with Crippen LogP contribution in [0.5, 0.6) is 0 Å². The first-order valence-corrected chi connectivity index (χ1v) is 6.52. The molecule has 2 atom stereocenters. The van der Waals surface area contributed by atoms with Crippen molar-refractivity contribution in [3.05, 3.63) is 0 Å². The Kier molecular flexibility index (Phi) is 4.85. The highest BCUT2D eigenvalue weighted by molar-refractivity contribution is 5.85. The Balaban J connectivity index is 0.00000144. The van der Waals surface area contributed by atoms with Crippen molar-refractivity contribution in [3.8, 4) is 0 Å². The van der Waals surface area contributed by atoms with Crippen LogP contribution >= 0.6 is 12.4 Å². The number of hydrogen-bond donors (Lipinski definition) is 2. The van der Waals surface area contributed by atoms with Gasteiger partial charge in [0.05, 0.1) is 0 Å². The lowest BCUT2D eigenvalue weighted by Crippen LogP contribution is -2.52. The Bertz CT molecular complexity index is 277. The molecule has 2 N–H and O–H groups in total. The quantitative estimate of drug-likeness (QED) is 0.815. The van der Waals surface area contributed by atoms with Crippen LogP contribution in [-0.2, 0) is 4.79 Å². The lowest BCUT2D eigenvalue weighted by atomic mass is 9.85. The predicted molar refractivity (Wildman–Crippen MR) is 72.3 cm³/mol. The van der Waals surface area contributed by atoms with Crippen molar-refractivity contribution in [2.24, 2.45) is 17.3 Å². The minimum absolute atomic E-state index is 0. The molecule has 2 aliphatic rings. The largest absolute Gasteiger partial charge is 0.353 e. The summed E-state index contributed by atoms with van der Waals surface area (Å²) in [6.45, 7) is 8.59. The van der Waals surface area contributed by atoms with E-state index < -0.39 is 0 Å². The Morgan fingerprint density at radius 3 is 2.47 bits per heavy atom. The van der Waals surface area contributed by atoms with Crippen LogP contribution in [0.2, 0.25) is 0 Å². The van der Waals surface area contributed by atoms with Crippen LogP contribution in [0, 0.1) is 17.3 Å². The van der Waals surface area contributed by atoms with E-state index in [9.17, 15) is 4.79 Å². The summed E-state index contributed by atoms with van der Waals surface area (Å²) in [5, 5.41) is 6.48. The van der Waals surface area contributed by atoms with Gasteiger partial charge in [-0.1, -0.05) is 27.2 Å². The zero-order chi connectivity index (χ0) is 11.8. The van der Waals surface area contributed by atoms with Gasteiger partial charge >= 0.3 is 0 Å². The molecule has 17 heavy (non-hydrogen) atoms. The number of carbonyl (C=O) groups is 1. The summed E-state index contributed by atoms with van der Waals surface area (Å²) < 4.78 is 0. The first-order valence-electron chi connectivity index (χ1n) is 6.52. The molecule has 0 bridgehead atoms. The molecule has 2 fully saturated rings. The Morgan fingerprint density at radius 2 is 2.06 bits per heavy atom. The van der Waals surface area contributed by atoms with Gasteiger partial charge in [0, 0.05) is 12.0 Å². The third-order valence-corrected chi connectivity index (χ3v) is 4.51. The average molecular weight is 261 g/mol. The SMILES string of the molecule is CC(C(=O)NC1CCCC1(C)C)C1CNC1.Cl. The second kappa shape index (κ2) is 5.57. The summed E-state index contributed by atoms with van der Waals surface area (Å²) in [5.74, 6) is 0.966. The lowest BCUT2D eigenvalue weighted by Gasteiger charge is -2.34. The minimum atomic E-state index is 0. The first kappa shape index (κ1) is 14.8. The summed E-state index contributed by atoms with van der Waals surface area (Å²) in [6.07, 6.45) is 3.63. The zero-order valence-electron chi connectivity index (χ0n) is 11.1. The first-order chi connectivity index (χ1) is 7.50. The molecule has 3 nitrogen and oxygen atoms in total. The number of halogens is 1. The van der Waals surface area contributed by atoms with Crippen molar-refractivity contribution in [2.75, 3.05) is 13.1 Å². The highest BCUT2D eigenvalue weighted by atomic mass is 35.5. The molecule has 4 heteroatoms. The fourth-order valence-corrected chi connectivity index (χ4v) is 2.78. The predicted octanol–water partition coefficient (Wildman–Crippen LogP) is 1.96. The third-order valence-electron chi connectivity index (χ3n) is 4.51. The molecule has 2 unspecified atom stereocenters. The molecule has 1 amide bonds. The van der Waals surface area contributed by atoms with Crippen LogP contribution in [0.1, 0.15) is 40.0 Å². The molecule has 0 spiro atoms. The standard InChI is InChI=1S/C13H24N2O.ClH/c1-9(10-7-14-8-10)12(16)15-11-5-4-6-13(11,2)3;/h9-11,14H,4-8H2,1-3H3,(H,15,16);1H. The molecular formula is C13H25ClN2O. The summed E-state index contributed by atoms with van der Waals surface area (Å²) in [5.41, 5.74) is 0.285.